The van der Waals surface area contributed by atoms with E-state index in [1.807, 2.05) is 0 Å². The molecule has 8 nitrogen and oxygen atoms in total. The van der Waals surface area contributed by atoms with Gasteiger partial charge in [0, 0.05) is 25.9 Å². The summed E-state index contributed by atoms with van der Waals surface area (Å²) in [4.78, 5) is 10.8. The molecule has 0 atom stereocenters. The van der Waals surface area contributed by atoms with E-state index in [0.717, 1.165) is 12.1 Å². The van der Waals surface area contributed by atoms with Crippen LogP contribution in [0.3, 0.4) is 0 Å². The number of furan rings is 1. The predicted octanol–water partition coefficient (Wildman–Crippen LogP) is 0.505. The third-order valence-corrected chi connectivity index (χ3v) is 5.46. The minimum atomic E-state index is -3.83. The van der Waals surface area contributed by atoms with E-state index in [9.17, 15) is 13.2 Å². The Labute approximate surface area is 121 Å². The van der Waals surface area contributed by atoms with Gasteiger partial charge in [-0.25, -0.2) is 13.2 Å². The van der Waals surface area contributed by atoms with Crippen LogP contribution in [0.5, 0.6) is 0 Å². The molecule has 1 aromatic heterocycles. The van der Waals surface area contributed by atoms with Crippen molar-refractivity contribution in [3.05, 3.63) is 17.9 Å². The standard InChI is InChI=1S/C12H15NO7S/c14-11(15)9-1-2-10(20-9)21(16,17)13-5-3-12(4-6-13)18-7-8-19-12/h1-2H,3-8H2,(H,14,15). The fourth-order valence-corrected chi connectivity index (χ4v) is 3.91. The number of rotatable bonds is 3. The molecule has 0 saturated carbocycles. The number of carbonyl (C=O) groups is 1. The fourth-order valence-electron chi connectivity index (χ4n) is 2.55. The summed E-state index contributed by atoms with van der Waals surface area (Å²) in [6.07, 6.45) is 0.886. The summed E-state index contributed by atoms with van der Waals surface area (Å²) in [6, 6.07) is 2.29. The molecule has 1 aromatic rings. The quantitative estimate of drug-likeness (QED) is 0.865. The highest BCUT2D eigenvalue weighted by atomic mass is 32.2. The molecule has 2 fully saturated rings. The zero-order chi connectivity index (χ0) is 15.1. The second kappa shape index (κ2) is 5.09. The van der Waals surface area contributed by atoms with Gasteiger partial charge in [-0.15, -0.1) is 0 Å². The number of carboxylic acids is 1. The number of carboxylic acid groups (broad SMARTS) is 1. The molecule has 116 valence electrons. The van der Waals surface area contributed by atoms with Gasteiger partial charge in [-0.3, -0.25) is 0 Å². The Morgan fingerprint density at radius 3 is 2.33 bits per heavy atom. The first-order valence-corrected chi connectivity index (χ1v) is 7.98. The smallest absolute Gasteiger partial charge is 0.371 e. The summed E-state index contributed by atoms with van der Waals surface area (Å²) in [5.41, 5.74) is 0. The Balaban J connectivity index is 1.75. The van der Waals surface area contributed by atoms with Crippen LogP contribution in [-0.2, 0) is 19.5 Å². The fraction of sp³-hybridized carbons (Fsp3) is 0.583. The van der Waals surface area contributed by atoms with Gasteiger partial charge in [0.1, 0.15) is 0 Å². The molecular weight excluding hydrogens is 302 g/mol. The van der Waals surface area contributed by atoms with Gasteiger partial charge in [-0.1, -0.05) is 0 Å². The Morgan fingerprint density at radius 1 is 1.19 bits per heavy atom. The van der Waals surface area contributed by atoms with Crippen LogP contribution in [0.4, 0.5) is 0 Å². The Kier molecular flexibility index (Phi) is 3.52. The van der Waals surface area contributed by atoms with Crippen LogP contribution in [0.15, 0.2) is 21.6 Å². The maximum atomic E-state index is 12.4. The van der Waals surface area contributed by atoms with E-state index in [0.29, 0.717) is 26.1 Å². The first-order chi connectivity index (χ1) is 9.93. The Bertz CT molecular complexity index is 634. The number of sulfonamides is 1. The normalized spacial score (nSPS) is 22.7. The molecule has 0 bridgehead atoms. The number of piperidine rings is 1. The second-order valence-electron chi connectivity index (χ2n) is 4.94. The van der Waals surface area contributed by atoms with E-state index in [4.69, 9.17) is 19.0 Å². The minimum absolute atomic E-state index is 0.242. The van der Waals surface area contributed by atoms with E-state index in [1.54, 1.807) is 0 Å². The van der Waals surface area contributed by atoms with Crippen LogP contribution in [0.2, 0.25) is 0 Å². The highest BCUT2D eigenvalue weighted by molar-refractivity contribution is 7.89. The van der Waals surface area contributed by atoms with E-state index in [1.165, 1.54) is 4.31 Å². The van der Waals surface area contributed by atoms with Gasteiger partial charge in [-0.05, 0) is 12.1 Å². The molecule has 1 spiro atoms. The summed E-state index contributed by atoms with van der Waals surface area (Å²) < 4.78 is 42.0. The average Bonchev–Trinajstić information content (AvgIpc) is 3.09. The molecular formula is C12H15NO7S. The van der Waals surface area contributed by atoms with Gasteiger partial charge < -0.3 is 19.0 Å². The van der Waals surface area contributed by atoms with Crippen molar-refractivity contribution in [2.45, 2.75) is 23.7 Å². The number of hydrogen-bond acceptors (Lipinski definition) is 6. The molecule has 2 aliphatic heterocycles. The van der Waals surface area contributed by atoms with Crippen molar-refractivity contribution < 1.29 is 32.2 Å². The van der Waals surface area contributed by atoms with Crippen molar-refractivity contribution >= 4 is 16.0 Å². The van der Waals surface area contributed by atoms with Crippen molar-refractivity contribution in [1.82, 2.24) is 4.31 Å². The maximum absolute atomic E-state index is 12.4. The molecule has 9 heteroatoms. The summed E-state index contributed by atoms with van der Waals surface area (Å²) in [5, 5.41) is 8.42. The lowest BCUT2D eigenvalue weighted by Crippen LogP contribution is -2.47. The monoisotopic (exact) mass is 317 g/mol. The van der Waals surface area contributed by atoms with Gasteiger partial charge in [-0.2, -0.15) is 4.31 Å². The van der Waals surface area contributed by atoms with Crippen LogP contribution >= 0.6 is 0 Å². The first-order valence-electron chi connectivity index (χ1n) is 6.54. The molecule has 0 aliphatic carbocycles. The lowest BCUT2D eigenvalue weighted by Gasteiger charge is -2.36. The summed E-state index contributed by atoms with van der Waals surface area (Å²) in [7, 11) is -3.83. The summed E-state index contributed by atoms with van der Waals surface area (Å²) in [5.74, 6) is -2.37. The Hall–Kier alpha value is -1.42. The molecule has 21 heavy (non-hydrogen) atoms. The van der Waals surface area contributed by atoms with Crippen LogP contribution in [-0.4, -0.2) is 55.9 Å². The van der Waals surface area contributed by atoms with E-state index in [2.05, 4.69) is 0 Å². The summed E-state index contributed by atoms with van der Waals surface area (Å²) >= 11 is 0. The van der Waals surface area contributed by atoms with Crippen molar-refractivity contribution in [2.24, 2.45) is 0 Å². The molecule has 0 aromatic carbocycles. The van der Waals surface area contributed by atoms with E-state index >= 15 is 0 Å². The second-order valence-corrected chi connectivity index (χ2v) is 6.80. The van der Waals surface area contributed by atoms with E-state index in [-0.39, 0.29) is 18.2 Å². The number of ether oxygens (including phenoxy) is 2. The van der Waals surface area contributed by atoms with Gasteiger partial charge in [0.15, 0.2) is 5.79 Å². The molecule has 0 amide bonds. The molecule has 2 aliphatic rings. The Morgan fingerprint density at radius 2 is 1.81 bits per heavy atom. The van der Waals surface area contributed by atoms with Gasteiger partial charge in [0.2, 0.25) is 10.9 Å². The highest BCUT2D eigenvalue weighted by Gasteiger charge is 2.43. The first kappa shape index (κ1) is 14.5. The van der Waals surface area contributed by atoms with Crippen LogP contribution in [0.1, 0.15) is 23.4 Å². The third-order valence-electron chi connectivity index (χ3n) is 3.68. The van der Waals surface area contributed by atoms with Crippen molar-refractivity contribution in [3.63, 3.8) is 0 Å². The molecule has 3 heterocycles. The minimum Gasteiger partial charge on any atom is -0.475 e. The molecule has 2 saturated heterocycles. The van der Waals surface area contributed by atoms with Crippen molar-refractivity contribution in [1.29, 1.82) is 0 Å². The number of nitrogens with zero attached hydrogens (tertiary/aromatic N) is 1. The lowest BCUT2D eigenvalue weighted by molar-refractivity contribution is -0.179. The van der Waals surface area contributed by atoms with E-state index < -0.39 is 27.5 Å². The van der Waals surface area contributed by atoms with Crippen molar-refractivity contribution in [3.8, 4) is 0 Å². The van der Waals surface area contributed by atoms with Crippen LogP contribution in [0, 0.1) is 0 Å². The highest BCUT2D eigenvalue weighted by Crippen LogP contribution is 2.33. The zero-order valence-electron chi connectivity index (χ0n) is 11.1. The van der Waals surface area contributed by atoms with Gasteiger partial charge in [0.25, 0.3) is 10.0 Å². The van der Waals surface area contributed by atoms with Crippen LogP contribution < -0.4 is 0 Å². The largest absolute Gasteiger partial charge is 0.475 e. The third kappa shape index (κ3) is 2.57. The predicted molar refractivity (Wildman–Crippen MR) is 68.3 cm³/mol. The topological polar surface area (TPSA) is 106 Å². The number of hydrogen-bond donors (Lipinski definition) is 1. The van der Waals surface area contributed by atoms with Gasteiger partial charge >= 0.3 is 5.97 Å². The zero-order valence-corrected chi connectivity index (χ0v) is 12.0. The number of aromatic carboxylic acids is 1. The SMILES string of the molecule is O=C(O)c1ccc(S(=O)(=O)N2CCC3(CC2)OCCO3)o1. The molecule has 3 rings (SSSR count). The maximum Gasteiger partial charge on any atom is 0.371 e. The van der Waals surface area contributed by atoms with Crippen molar-refractivity contribution in [2.75, 3.05) is 26.3 Å². The summed E-state index contributed by atoms with van der Waals surface area (Å²) in [6.45, 7) is 1.52. The molecule has 1 N–H and O–H groups in total. The molecule has 0 radical (unpaired) electrons. The van der Waals surface area contributed by atoms with Gasteiger partial charge in [0.05, 0.1) is 13.2 Å². The van der Waals surface area contributed by atoms with Crippen LogP contribution in [0.25, 0.3) is 0 Å². The lowest BCUT2D eigenvalue weighted by atomic mass is 10.1. The molecule has 0 unspecified atom stereocenters. The average molecular weight is 317 g/mol.